The van der Waals surface area contributed by atoms with Crippen LogP contribution < -0.4 is 10.1 Å². The molecule has 0 aliphatic heterocycles. The number of ether oxygens (including phenoxy) is 1. The van der Waals surface area contributed by atoms with Crippen molar-refractivity contribution in [3.63, 3.8) is 0 Å². The predicted octanol–water partition coefficient (Wildman–Crippen LogP) is 2.90. The number of hydrogen-bond acceptors (Lipinski definition) is 4. The van der Waals surface area contributed by atoms with E-state index in [4.69, 9.17) is 20.9 Å². The normalized spacial score (nSPS) is 10.2. The van der Waals surface area contributed by atoms with Gasteiger partial charge in [-0.3, -0.25) is 4.79 Å². The number of nitrogens with one attached hydrogen (secondary N) is 1. The fraction of sp³-hybridized carbons (Fsp3) is 0.167. The molecule has 0 bridgehead atoms. The number of aromatic nitrogens is 1. The Labute approximate surface area is 109 Å². The number of carbonyl (C=O) groups excluding carboxylic acids is 1. The molecule has 0 aliphatic carbocycles. The topological polar surface area (TPSA) is 64.4 Å². The Balaban J connectivity index is 2.23. The van der Waals surface area contributed by atoms with Crippen LogP contribution >= 0.6 is 11.6 Å². The molecule has 1 aromatic carbocycles. The monoisotopic (exact) mass is 266 g/mol. The van der Waals surface area contributed by atoms with E-state index in [1.165, 1.54) is 7.11 Å². The average molecular weight is 267 g/mol. The van der Waals surface area contributed by atoms with Crippen molar-refractivity contribution in [2.24, 2.45) is 0 Å². The molecule has 0 radical (unpaired) electrons. The number of anilines is 1. The van der Waals surface area contributed by atoms with Gasteiger partial charge in [0, 0.05) is 11.1 Å². The van der Waals surface area contributed by atoms with Gasteiger partial charge in [0.25, 0.3) is 5.91 Å². The summed E-state index contributed by atoms with van der Waals surface area (Å²) >= 11 is 5.82. The molecule has 0 atom stereocenters. The fourth-order valence-electron chi connectivity index (χ4n) is 1.46. The first kappa shape index (κ1) is 12.4. The van der Waals surface area contributed by atoms with Crippen LogP contribution in [0.3, 0.4) is 0 Å². The highest BCUT2D eigenvalue weighted by atomic mass is 35.5. The van der Waals surface area contributed by atoms with E-state index >= 15 is 0 Å². The average Bonchev–Trinajstić information content (AvgIpc) is 2.74. The standard InChI is InChI=1S/C12H11ClN2O3/c1-7-5-11(15-18-7)14-12(16)9-4-3-8(13)6-10(9)17-2/h3-6H,1-2H3,(H,14,15,16). The highest BCUT2D eigenvalue weighted by Crippen LogP contribution is 2.24. The van der Waals surface area contributed by atoms with E-state index in [9.17, 15) is 4.79 Å². The number of methoxy groups -OCH3 is 1. The van der Waals surface area contributed by atoms with Crippen molar-refractivity contribution < 1.29 is 14.1 Å². The first-order chi connectivity index (χ1) is 8.60. The summed E-state index contributed by atoms with van der Waals surface area (Å²) in [4.78, 5) is 12.0. The Hall–Kier alpha value is -2.01. The lowest BCUT2D eigenvalue weighted by Crippen LogP contribution is -2.13. The number of hydrogen-bond donors (Lipinski definition) is 1. The number of benzene rings is 1. The Bertz CT molecular complexity index is 580. The Morgan fingerprint density at radius 3 is 2.83 bits per heavy atom. The maximum Gasteiger partial charge on any atom is 0.260 e. The van der Waals surface area contributed by atoms with E-state index < -0.39 is 0 Å². The summed E-state index contributed by atoms with van der Waals surface area (Å²) in [7, 11) is 1.47. The highest BCUT2D eigenvalue weighted by molar-refractivity contribution is 6.31. The Morgan fingerprint density at radius 1 is 1.44 bits per heavy atom. The molecular formula is C12H11ClN2O3. The molecule has 2 aromatic rings. The van der Waals surface area contributed by atoms with Gasteiger partial charge in [-0.2, -0.15) is 0 Å². The SMILES string of the molecule is COc1cc(Cl)ccc1C(=O)Nc1cc(C)on1. The van der Waals surface area contributed by atoms with Crippen LogP contribution in [0.5, 0.6) is 5.75 Å². The van der Waals surface area contributed by atoms with Crippen molar-refractivity contribution in [3.05, 3.63) is 40.6 Å². The van der Waals surface area contributed by atoms with Crippen molar-refractivity contribution in [2.45, 2.75) is 6.92 Å². The van der Waals surface area contributed by atoms with E-state index in [-0.39, 0.29) is 5.91 Å². The molecule has 2 rings (SSSR count). The maximum absolute atomic E-state index is 12.0. The second-order valence-electron chi connectivity index (χ2n) is 3.62. The second kappa shape index (κ2) is 5.10. The van der Waals surface area contributed by atoms with Crippen molar-refractivity contribution in [2.75, 3.05) is 12.4 Å². The van der Waals surface area contributed by atoms with E-state index in [0.29, 0.717) is 27.9 Å². The van der Waals surface area contributed by atoms with Crippen molar-refractivity contribution in [1.29, 1.82) is 0 Å². The molecule has 1 aromatic heterocycles. The number of carbonyl (C=O) groups is 1. The lowest BCUT2D eigenvalue weighted by atomic mass is 10.2. The van der Waals surface area contributed by atoms with Crippen molar-refractivity contribution >= 4 is 23.3 Å². The molecule has 5 nitrogen and oxygen atoms in total. The van der Waals surface area contributed by atoms with Crippen LogP contribution in [0.25, 0.3) is 0 Å². The minimum atomic E-state index is -0.336. The summed E-state index contributed by atoms with van der Waals surface area (Å²) in [5, 5.41) is 6.79. The summed E-state index contributed by atoms with van der Waals surface area (Å²) in [5.74, 6) is 1.04. The quantitative estimate of drug-likeness (QED) is 0.928. The first-order valence-electron chi connectivity index (χ1n) is 5.18. The number of nitrogens with zero attached hydrogens (tertiary/aromatic N) is 1. The van der Waals surface area contributed by atoms with Crippen LogP contribution in [0.15, 0.2) is 28.8 Å². The maximum atomic E-state index is 12.0. The molecule has 0 fully saturated rings. The van der Waals surface area contributed by atoms with E-state index in [1.807, 2.05) is 0 Å². The summed E-state index contributed by atoms with van der Waals surface area (Å²) < 4.78 is 9.96. The third kappa shape index (κ3) is 2.62. The van der Waals surface area contributed by atoms with Crippen LogP contribution in [0.2, 0.25) is 5.02 Å². The number of halogens is 1. The summed E-state index contributed by atoms with van der Waals surface area (Å²) in [6, 6.07) is 6.40. The molecule has 0 unspecified atom stereocenters. The van der Waals surface area contributed by atoms with Crippen LogP contribution in [0.1, 0.15) is 16.1 Å². The minimum absolute atomic E-state index is 0.336. The van der Waals surface area contributed by atoms with E-state index in [0.717, 1.165) is 0 Å². The van der Waals surface area contributed by atoms with Crippen LogP contribution in [0.4, 0.5) is 5.82 Å². The molecule has 0 saturated carbocycles. The van der Waals surface area contributed by atoms with Crippen LogP contribution in [-0.2, 0) is 0 Å². The zero-order valence-electron chi connectivity index (χ0n) is 9.86. The predicted molar refractivity (Wildman–Crippen MR) is 67.2 cm³/mol. The summed E-state index contributed by atoms with van der Waals surface area (Å²) in [6.07, 6.45) is 0. The summed E-state index contributed by atoms with van der Waals surface area (Å²) in [6.45, 7) is 1.74. The molecule has 0 aliphatic rings. The van der Waals surface area contributed by atoms with Gasteiger partial charge < -0.3 is 14.6 Å². The molecule has 1 amide bonds. The molecule has 0 saturated heterocycles. The molecule has 94 valence electrons. The van der Waals surface area contributed by atoms with Crippen molar-refractivity contribution in [3.8, 4) is 5.75 Å². The Morgan fingerprint density at radius 2 is 2.22 bits per heavy atom. The molecule has 1 heterocycles. The molecular weight excluding hydrogens is 256 g/mol. The lowest BCUT2D eigenvalue weighted by molar-refractivity contribution is 0.102. The molecule has 0 spiro atoms. The number of amides is 1. The zero-order valence-corrected chi connectivity index (χ0v) is 10.6. The van der Waals surface area contributed by atoms with Gasteiger partial charge in [0.1, 0.15) is 11.5 Å². The fourth-order valence-corrected chi connectivity index (χ4v) is 1.62. The van der Waals surface area contributed by atoms with Crippen LogP contribution in [0, 0.1) is 6.92 Å². The van der Waals surface area contributed by atoms with Gasteiger partial charge in [-0.1, -0.05) is 16.8 Å². The van der Waals surface area contributed by atoms with Gasteiger partial charge in [-0.15, -0.1) is 0 Å². The van der Waals surface area contributed by atoms with E-state index in [1.54, 1.807) is 31.2 Å². The van der Waals surface area contributed by atoms with Crippen molar-refractivity contribution in [1.82, 2.24) is 5.16 Å². The molecule has 1 N–H and O–H groups in total. The van der Waals surface area contributed by atoms with Gasteiger partial charge >= 0.3 is 0 Å². The number of aryl methyl sites for hydroxylation is 1. The largest absolute Gasteiger partial charge is 0.496 e. The highest BCUT2D eigenvalue weighted by Gasteiger charge is 2.14. The van der Waals surface area contributed by atoms with Gasteiger partial charge in [-0.05, 0) is 25.1 Å². The van der Waals surface area contributed by atoms with Gasteiger partial charge in [0.2, 0.25) is 0 Å². The lowest BCUT2D eigenvalue weighted by Gasteiger charge is -2.07. The zero-order chi connectivity index (χ0) is 13.1. The van der Waals surface area contributed by atoms with Gasteiger partial charge in [0.05, 0.1) is 12.7 Å². The van der Waals surface area contributed by atoms with E-state index in [2.05, 4.69) is 10.5 Å². The van der Waals surface area contributed by atoms with Crippen LogP contribution in [-0.4, -0.2) is 18.2 Å². The first-order valence-corrected chi connectivity index (χ1v) is 5.56. The van der Waals surface area contributed by atoms with Gasteiger partial charge in [-0.25, -0.2) is 0 Å². The third-order valence-corrected chi connectivity index (χ3v) is 2.51. The minimum Gasteiger partial charge on any atom is -0.496 e. The Kier molecular flexibility index (Phi) is 3.53. The van der Waals surface area contributed by atoms with Gasteiger partial charge in [0.15, 0.2) is 5.82 Å². The molecule has 18 heavy (non-hydrogen) atoms. The smallest absolute Gasteiger partial charge is 0.260 e. The third-order valence-electron chi connectivity index (χ3n) is 2.28. The second-order valence-corrected chi connectivity index (χ2v) is 4.06. The molecule has 6 heteroatoms. The number of rotatable bonds is 3. The summed E-state index contributed by atoms with van der Waals surface area (Å²) in [5.41, 5.74) is 0.377.